The van der Waals surface area contributed by atoms with Crippen molar-refractivity contribution in [3.63, 3.8) is 0 Å². The number of aliphatic carboxylic acids is 1. The van der Waals surface area contributed by atoms with Crippen LogP contribution in [0.4, 0.5) is 0 Å². The summed E-state index contributed by atoms with van der Waals surface area (Å²) in [4.78, 5) is 23.3. The van der Waals surface area contributed by atoms with Crippen LogP contribution in [0.15, 0.2) is 0 Å². The molecule has 0 atom stereocenters. The van der Waals surface area contributed by atoms with Crippen molar-refractivity contribution in [1.29, 1.82) is 0 Å². The minimum atomic E-state index is -0.814. The van der Waals surface area contributed by atoms with E-state index < -0.39 is 5.97 Å². The van der Waals surface area contributed by atoms with E-state index in [-0.39, 0.29) is 12.3 Å². The van der Waals surface area contributed by atoms with Crippen LogP contribution < -0.4 is 5.32 Å². The first-order valence-corrected chi connectivity index (χ1v) is 5.18. The molecular formula is C10H20N2O3. The van der Waals surface area contributed by atoms with E-state index in [4.69, 9.17) is 5.11 Å². The molecule has 1 amide bonds. The van der Waals surface area contributed by atoms with Gasteiger partial charge in [0.15, 0.2) is 0 Å². The molecule has 88 valence electrons. The smallest absolute Gasteiger partial charge is 0.303 e. The summed E-state index contributed by atoms with van der Waals surface area (Å²) in [7, 11) is 3.56. The minimum Gasteiger partial charge on any atom is -0.481 e. The average molecular weight is 216 g/mol. The molecule has 0 aliphatic heterocycles. The van der Waals surface area contributed by atoms with Gasteiger partial charge in [0.05, 0.1) is 0 Å². The quantitative estimate of drug-likeness (QED) is 0.573. The van der Waals surface area contributed by atoms with Gasteiger partial charge in [0, 0.05) is 26.4 Å². The number of carboxylic acid groups (broad SMARTS) is 1. The highest BCUT2D eigenvalue weighted by atomic mass is 16.4. The van der Waals surface area contributed by atoms with Crippen molar-refractivity contribution >= 4 is 11.9 Å². The van der Waals surface area contributed by atoms with Crippen molar-refractivity contribution in [2.24, 2.45) is 0 Å². The van der Waals surface area contributed by atoms with E-state index in [0.29, 0.717) is 19.4 Å². The fourth-order valence-electron chi connectivity index (χ4n) is 1.20. The first-order chi connectivity index (χ1) is 7.07. The topological polar surface area (TPSA) is 69.6 Å². The molecule has 0 bridgehead atoms. The zero-order valence-electron chi connectivity index (χ0n) is 9.45. The van der Waals surface area contributed by atoms with Crippen LogP contribution >= 0.6 is 0 Å². The van der Waals surface area contributed by atoms with Crippen molar-refractivity contribution in [2.45, 2.75) is 25.7 Å². The number of amides is 1. The van der Waals surface area contributed by atoms with Gasteiger partial charge in [-0.25, -0.2) is 0 Å². The highest BCUT2D eigenvalue weighted by molar-refractivity contribution is 5.75. The molecule has 0 aliphatic rings. The standard InChI is InChI=1S/C10H20N2O3/c1-11-7-3-5-9(13)12(2)8-4-6-10(14)15/h11H,3-8H2,1-2H3,(H,14,15). The van der Waals surface area contributed by atoms with E-state index in [0.717, 1.165) is 13.0 Å². The Labute approximate surface area is 90.5 Å². The summed E-state index contributed by atoms with van der Waals surface area (Å²) < 4.78 is 0. The van der Waals surface area contributed by atoms with Gasteiger partial charge in [-0.3, -0.25) is 9.59 Å². The summed E-state index contributed by atoms with van der Waals surface area (Å²) in [5.74, 6) is -0.735. The van der Waals surface area contributed by atoms with E-state index in [9.17, 15) is 9.59 Å². The maximum atomic E-state index is 11.4. The summed E-state index contributed by atoms with van der Waals surface area (Å²) >= 11 is 0. The second kappa shape index (κ2) is 8.23. The molecule has 2 N–H and O–H groups in total. The van der Waals surface area contributed by atoms with Gasteiger partial charge < -0.3 is 15.3 Å². The van der Waals surface area contributed by atoms with Gasteiger partial charge >= 0.3 is 5.97 Å². The first kappa shape index (κ1) is 13.9. The largest absolute Gasteiger partial charge is 0.481 e. The summed E-state index contributed by atoms with van der Waals surface area (Å²) in [5.41, 5.74) is 0. The molecule has 0 heterocycles. The monoisotopic (exact) mass is 216 g/mol. The lowest BCUT2D eigenvalue weighted by atomic mass is 10.2. The third kappa shape index (κ3) is 7.93. The van der Waals surface area contributed by atoms with Gasteiger partial charge in [-0.2, -0.15) is 0 Å². The van der Waals surface area contributed by atoms with Crippen LogP contribution in [0.5, 0.6) is 0 Å². The second-order valence-electron chi connectivity index (χ2n) is 3.52. The number of hydrogen-bond donors (Lipinski definition) is 2. The molecule has 0 spiro atoms. The molecule has 0 fully saturated rings. The predicted octanol–water partition coefficient (Wildman–Crippen LogP) is 0.309. The Hall–Kier alpha value is -1.10. The zero-order valence-corrected chi connectivity index (χ0v) is 9.45. The second-order valence-corrected chi connectivity index (χ2v) is 3.52. The minimum absolute atomic E-state index is 0.0793. The number of rotatable bonds is 8. The van der Waals surface area contributed by atoms with Crippen LogP contribution in [-0.4, -0.2) is 49.1 Å². The fourth-order valence-corrected chi connectivity index (χ4v) is 1.20. The number of carboxylic acids is 1. The SMILES string of the molecule is CNCCCC(=O)N(C)CCCC(=O)O. The number of carbonyl (C=O) groups excluding carboxylic acids is 1. The average Bonchev–Trinajstić information content (AvgIpc) is 2.17. The molecule has 0 aromatic carbocycles. The predicted molar refractivity (Wildman–Crippen MR) is 57.7 cm³/mol. The van der Waals surface area contributed by atoms with Crippen LogP contribution in [-0.2, 0) is 9.59 Å². The van der Waals surface area contributed by atoms with Crippen molar-refractivity contribution < 1.29 is 14.7 Å². The lowest BCUT2D eigenvalue weighted by Crippen LogP contribution is -2.28. The number of nitrogens with one attached hydrogen (secondary N) is 1. The van der Waals surface area contributed by atoms with Gasteiger partial charge in [0.1, 0.15) is 0 Å². The molecule has 0 radical (unpaired) electrons. The van der Waals surface area contributed by atoms with Gasteiger partial charge in [-0.1, -0.05) is 0 Å². The molecule has 0 aliphatic carbocycles. The third-order valence-corrected chi connectivity index (χ3v) is 2.13. The number of nitrogens with zero attached hydrogens (tertiary/aromatic N) is 1. The van der Waals surface area contributed by atoms with Crippen LogP contribution in [0.1, 0.15) is 25.7 Å². The van der Waals surface area contributed by atoms with E-state index >= 15 is 0 Å². The molecule has 0 unspecified atom stereocenters. The molecule has 0 rings (SSSR count). The van der Waals surface area contributed by atoms with Crippen LogP contribution in [0.3, 0.4) is 0 Å². The Morgan fingerprint density at radius 2 is 1.93 bits per heavy atom. The number of carbonyl (C=O) groups is 2. The molecule has 0 saturated heterocycles. The Bertz CT molecular complexity index is 207. The first-order valence-electron chi connectivity index (χ1n) is 5.18. The summed E-state index contributed by atoms with van der Waals surface area (Å²) in [5, 5.41) is 11.4. The fraction of sp³-hybridized carbons (Fsp3) is 0.800. The summed E-state index contributed by atoms with van der Waals surface area (Å²) in [6, 6.07) is 0. The molecule has 0 saturated carbocycles. The Morgan fingerprint density at radius 3 is 2.47 bits per heavy atom. The number of hydrogen-bond acceptors (Lipinski definition) is 3. The van der Waals surface area contributed by atoms with Gasteiger partial charge in [0.2, 0.25) is 5.91 Å². The van der Waals surface area contributed by atoms with Gasteiger partial charge in [-0.05, 0) is 26.4 Å². The highest BCUT2D eigenvalue weighted by Gasteiger charge is 2.08. The Kier molecular flexibility index (Phi) is 7.62. The maximum absolute atomic E-state index is 11.4. The van der Waals surface area contributed by atoms with Gasteiger partial charge in [-0.15, -0.1) is 0 Å². The van der Waals surface area contributed by atoms with E-state index in [1.165, 1.54) is 0 Å². The lowest BCUT2D eigenvalue weighted by Gasteiger charge is -2.16. The van der Waals surface area contributed by atoms with Crippen molar-refractivity contribution in [3.05, 3.63) is 0 Å². The van der Waals surface area contributed by atoms with Crippen LogP contribution in [0.25, 0.3) is 0 Å². The Balaban J connectivity index is 3.55. The highest BCUT2D eigenvalue weighted by Crippen LogP contribution is 1.98. The van der Waals surface area contributed by atoms with Crippen LogP contribution in [0.2, 0.25) is 0 Å². The van der Waals surface area contributed by atoms with Crippen molar-refractivity contribution in [3.8, 4) is 0 Å². The van der Waals surface area contributed by atoms with E-state index in [1.807, 2.05) is 7.05 Å². The molecule has 5 nitrogen and oxygen atoms in total. The summed E-state index contributed by atoms with van der Waals surface area (Å²) in [6.45, 7) is 1.35. The van der Waals surface area contributed by atoms with Crippen molar-refractivity contribution in [1.82, 2.24) is 10.2 Å². The summed E-state index contributed by atoms with van der Waals surface area (Å²) in [6.07, 6.45) is 1.97. The molecule has 0 aromatic rings. The van der Waals surface area contributed by atoms with Crippen LogP contribution in [0, 0.1) is 0 Å². The zero-order chi connectivity index (χ0) is 11.7. The van der Waals surface area contributed by atoms with E-state index in [1.54, 1.807) is 11.9 Å². The van der Waals surface area contributed by atoms with Crippen molar-refractivity contribution in [2.75, 3.05) is 27.2 Å². The molecule has 15 heavy (non-hydrogen) atoms. The van der Waals surface area contributed by atoms with Gasteiger partial charge in [0.25, 0.3) is 0 Å². The molecule has 5 heteroatoms. The third-order valence-electron chi connectivity index (χ3n) is 2.13. The van der Waals surface area contributed by atoms with E-state index in [2.05, 4.69) is 5.32 Å². The normalized spacial score (nSPS) is 10.0. The molecule has 0 aromatic heterocycles. The lowest BCUT2D eigenvalue weighted by molar-refractivity contribution is -0.138. The molecular weight excluding hydrogens is 196 g/mol. The Morgan fingerprint density at radius 1 is 1.27 bits per heavy atom. The maximum Gasteiger partial charge on any atom is 0.303 e.